The molecule has 0 unspecified atom stereocenters. The summed E-state index contributed by atoms with van der Waals surface area (Å²) in [6.07, 6.45) is 4.84. The summed E-state index contributed by atoms with van der Waals surface area (Å²) in [6, 6.07) is 7.52. The van der Waals surface area contributed by atoms with Gasteiger partial charge in [-0.3, -0.25) is 10.1 Å². The van der Waals surface area contributed by atoms with Gasteiger partial charge in [-0.2, -0.15) is 0 Å². The number of para-hydroxylation sites is 1. The highest BCUT2D eigenvalue weighted by atomic mass is 16.5. The summed E-state index contributed by atoms with van der Waals surface area (Å²) in [5.41, 5.74) is 7.31. The van der Waals surface area contributed by atoms with Crippen LogP contribution in [0.2, 0.25) is 0 Å². The van der Waals surface area contributed by atoms with Gasteiger partial charge in [0.15, 0.2) is 0 Å². The van der Waals surface area contributed by atoms with Crippen molar-refractivity contribution in [1.82, 2.24) is 4.90 Å². The van der Waals surface area contributed by atoms with Gasteiger partial charge in [0.2, 0.25) is 5.91 Å². The number of anilines is 1. The van der Waals surface area contributed by atoms with Gasteiger partial charge in [-0.25, -0.2) is 4.79 Å². The lowest BCUT2D eigenvalue weighted by Crippen LogP contribution is -2.44. The van der Waals surface area contributed by atoms with Gasteiger partial charge in [0, 0.05) is 24.7 Å². The van der Waals surface area contributed by atoms with Crippen LogP contribution in [0, 0.1) is 11.3 Å². The third kappa shape index (κ3) is 6.24. The Morgan fingerprint density at radius 3 is 2.52 bits per heavy atom. The quantitative estimate of drug-likeness (QED) is 0.760. The van der Waals surface area contributed by atoms with Crippen LogP contribution in [0.4, 0.5) is 10.5 Å². The molecule has 1 aliphatic carbocycles. The fourth-order valence-electron chi connectivity index (χ4n) is 3.55. The van der Waals surface area contributed by atoms with Crippen molar-refractivity contribution >= 4 is 17.7 Å². The lowest BCUT2D eigenvalue weighted by molar-refractivity contribution is -0.138. The van der Waals surface area contributed by atoms with E-state index in [9.17, 15) is 9.59 Å². The molecular formula is C21H33N3O3. The molecule has 3 N–H and O–H groups in total. The van der Waals surface area contributed by atoms with Gasteiger partial charge >= 0.3 is 6.09 Å². The Bertz CT molecular complexity index is 639. The Morgan fingerprint density at radius 1 is 1.22 bits per heavy atom. The summed E-state index contributed by atoms with van der Waals surface area (Å²) in [7, 11) is 1.33. The number of carbonyl (C=O) groups is 2. The molecule has 1 aromatic carbocycles. The van der Waals surface area contributed by atoms with Crippen LogP contribution in [-0.4, -0.2) is 37.1 Å². The SMILES string of the molecule is COC(=O)Nc1ccccc1CN(CC(C)(C)CN)C(=O)C1CCCCC1. The van der Waals surface area contributed by atoms with E-state index in [1.165, 1.54) is 13.5 Å². The first kappa shape index (κ1) is 21.2. The first-order valence-corrected chi connectivity index (χ1v) is 9.78. The molecule has 0 radical (unpaired) electrons. The van der Waals surface area contributed by atoms with Crippen molar-refractivity contribution in [1.29, 1.82) is 0 Å². The molecule has 6 heteroatoms. The molecule has 2 rings (SSSR count). The van der Waals surface area contributed by atoms with E-state index in [-0.39, 0.29) is 17.2 Å². The topological polar surface area (TPSA) is 84.7 Å². The molecule has 0 aromatic heterocycles. The molecule has 0 atom stereocenters. The number of ether oxygens (including phenoxy) is 1. The first-order valence-electron chi connectivity index (χ1n) is 9.78. The van der Waals surface area contributed by atoms with Gasteiger partial charge in [0.05, 0.1) is 7.11 Å². The van der Waals surface area contributed by atoms with Crippen LogP contribution in [-0.2, 0) is 16.1 Å². The summed E-state index contributed by atoms with van der Waals surface area (Å²) in [6.45, 7) is 5.69. The largest absolute Gasteiger partial charge is 0.453 e. The maximum atomic E-state index is 13.3. The van der Waals surface area contributed by atoms with Gasteiger partial charge in [-0.1, -0.05) is 51.3 Å². The molecule has 0 bridgehead atoms. The molecule has 27 heavy (non-hydrogen) atoms. The van der Waals surface area contributed by atoms with E-state index in [0.717, 1.165) is 31.2 Å². The fourth-order valence-corrected chi connectivity index (χ4v) is 3.55. The minimum absolute atomic E-state index is 0.0908. The number of methoxy groups -OCH3 is 1. The number of rotatable bonds is 7. The number of hydrogen-bond acceptors (Lipinski definition) is 4. The normalized spacial score (nSPS) is 15.3. The fraction of sp³-hybridized carbons (Fsp3) is 0.619. The number of nitrogens with two attached hydrogens (primary N) is 1. The molecule has 0 spiro atoms. The second-order valence-electron chi connectivity index (χ2n) is 8.17. The van der Waals surface area contributed by atoms with Crippen LogP contribution in [0.15, 0.2) is 24.3 Å². The Morgan fingerprint density at radius 2 is 1.89 bits per heavy atom. The van der Waals surface area contributed by atoms with Crippen molar-refractivity contribution in [2.45, 2.75) is 52.5 Å². The predicted molar refractivity (Wildman–Crippen MR) is 107 cm³/mol. The van der Waals surface area contributed by atoms with Gasteiger partial charge < -0.3 is 15.4 Å². The van der Waals surface area contributed by atoms with Gasteiger partial charge in [-0.15, -0.1) is 0 Å². The molecule has 6 nitrogen and oxygen atoms in total. The lowest BCUT2D eigenvalue weighted by atomic mass is 9.86. The van der Waals surface area contributed by atoms with E-state index in [4.69, 9.17) is 10.5 Å². The van der Waals surface area contributed by atoms with Crippen molar-refractivity contribution in [3.63, 3.8) is 0 Å². The van der Waals surface area contributed by atoms with Crippen molar-refractivity contribution in [2.75, 3.05) is 25.5 Å². The maximum Gasteiger partial charge on any atom is 0.411 e. The Kier molecular flexibility index (Phi) is 7.66. The molecule has 0 saturated heterocycles. The smallest absolute Gasteiger partial charge is 0.411 e. The second kappa shape index (κ2) is 9.74. The average Bonchev–Trinajstić information content (AvgIpc) is 2.68. The van der Waals surface area contributed by atoms with Crippen LogP contribution < -0.4 is 11.1 Å². The van der Waals surface area contributed by atoms with E-state index in [0.29, 0.717) is 25.3 Å². The summed E-state index contributed by atoms with van der Waals surface area (Å²) in [4.78, 5) is 26.8. The van der Waals surface area contributed by atoms with Crippen LogP contribution in [0.25, 0.3) is 0 Å². The number of amides is 2. The minimum Gasteiger partial charge on any atom is -0.453 e. The zero-order valence-corrected chi connectivity index (χ0v) is 16.8. The number of hydrogen-bond donors (Lipinski definition) is 2. The van der Waals surface area contributed by atoms with Crippen LogP contribution in [0.5, 0.6) is 0 Å². The molecule has 2 amide bonds. The highest BCUT2D eigenvalue weighted by Gasteiger charge is 2.30. The molecule has 1 saturated carbocycles. The van der Waals surface area contributed by atoms with E-state index in [2.05, 4.69) is 19.2 Å². The van der Waals surface area contributed by atoms with Gasteiger partial charge in [0.25, 0.3) is 0 Å². The van der Waals surface area contributed by atoms with Crippen molar-refractivity contribution in [3.8, 4) is 0 Å². The monoisotopic (exact) mass is 375 g/mol. The van der Waals surface area contributed by atoms with E-state index >= 15 is 0 Å². The van der Waals surface area contributed by atoms with Crippen LogP contribution in [0.1, 0.15) is 51.5 Å². The van der Waals surface area contributed by atoms with Gasteiger partial charge in [0.1, 0.15) is 0 Å². The number of nitrogens with one attached hydrogen (secondary N) is 1. The number of carbonyl (C=O) groups excluding carboxylic acids is 2. The summed E-state index contributed by atoms with van der Waals surface area (Å²) in [5.74, 6) is 0.289. The zero-order chi connectivity index (χ0) is 19.9. The zero-order valence-electron chi connectivity index (χ0n) is 16.8. The average molecular weight is 376 g/mol. The minimum atomic E-state index is -0.519. The standard InChI is InChI=1S/C21H33N3O3/c1-21(2,14-22)15-24(19(25)16-9-5-4-6-10-16)13-17-11-7-8-12-18(17)23-20(26)27-3/h7-8,11-12,16H,4-6,9-10,13-15,22H2,1-3H3,(H,23,26). The van der Waals surface area contributed by atoms with E-state index < -0.39 is 6.09 Å². The number of benzene rings is 1. The predicted octanol–water partition coefficient (Wildman–Crippen LogP) is 3.76. The first-order chi connectivity index (χ1) is 12.9. The van der Waals surface area contributed by atoms with E-state index in [1.54, 1.807) is 0 Å². The molecule has 0 heterocycles. The third-order valence-electron chi connectivity index (χ3n) is 5.24. The molecule has 1 fully saturated rings. The highest BCUT2D eigenvalue weighted by molar-refractivity contribution is 5.86. The van der Waals surface area contributed by atoms with E-state index in [1.807, 2.05) is 29.2 Å². The summed E-state index contributed by atoms with van der Waals surface area (Å²) < 4.78 is 4.71. The summed E-state index contributed by atoms with van der Waals surface area (Å²) in [5, 5.41) is 2.74. The third-order valence-corrected chi connectivity index (χ3v) is 5.24. The Balaban J connectivity index is 2.23. The second-order valence-corrected chi connectivity index (χ2v) is 8.17. The van der Waals surface area contributed by atoms with Gasteiger partial charge in [-0.05, 0) is 36.4 Å². The van der Waals surface area contributed by atoms with Crippen molar-refractivity contribution < 1.29 is 14.3 Å². The van der Waals surface area contributed by atoms with Crippen LogP contribution in [0.3, 0.4) is 0 Å². The highest BCUT2D eigenvalue weighted by Crippen LogP contribution is 2.29. The Hall–Kier alpha value is -2.08. The molecular weight excluding hydrogens is 342 g/mol. The van der Waals surface area contributed by atoms with Crippen molar-refractivity contribution in [3.05, 3.63) is 29.8 Å². The number of nitrogens with zero attached hydrogens (tertiary/aromatic N) is 1. The lowest BCUT2D eigenvalue weighted by Gasteiger charge is -2.35. The maximum absolute atomic E-state index is 13.3. The van der Waals surface area contributed by atoms with Crippen LogP contribution >= 0.6 is 0 Å². The molecule has 150 valence electrons. The Labute approximate surface area is 162 Å². The molecule has 1 aromatic rings. The summed E-state index contributed by atoms with van der Waals surface area (Å²) >= 11 is 0. The molecule has 0 aliphatic heterocycles. The van der Waals surface area contributed by atoms with Crippen molar-refractivity contribution in [2.24, 2.45) is 17.1 Å². The molecule has 1 aliphatic rings.